The molecule has 0 fully saturated rings. The third-order valence-electron chi connectivity index (χ3n) is 2.11. The van der Waals surface area contributed by atoms with Crippen LogP contribution >= 0.6 is 0 Å². The number of nitrogens with zero attached hydrogens (tertiary/aromatic N) is 2. The maximum absolute atomic E-state index is 12.7. The average molecular weight is 255 g/mol. The molecule has 2 N–H and O–H groups in total. The summed E-state index contributed by atoms with van der Waals surface area (Å²) >= 11 is 0. The molecule has 0 amide bonds. The van der Waals surface area contributed by atoms with Gasteiger partial charge in [0, 0.05) is 5.56 Å². The van der Waals surface area contributed by atoms with Gasteiger partial charge in [-0.2, -0.15) is 5.26 Å². The first kappa shape index (κ1) is 13.8. The van der Waals surface area contributed by atoms with E-state index in [4.69, 9.17) is 11.0 Å². The van der Waals surface area contributed by atoms with Gasteiger partial charge in [0.05, 0.1) is 24.3 Å². The number of nitriles is 1. The lowest BCUT2D eigenvalue weighted by Gasteiger charge is -2.09. The van der Waals surface area contributed by atoms with Crippen molar-refractivity contribution in [3.05, 3.63) is 22.9 Å². The smallest absolute Gasteiger partial charge is 0.311 e. The molecular formula is C11H11F2N3O2. The number of alkyl halides is 2. The number of carbonyl (C=O) groups is 1. The van der Waals surface area contributed by atoms with Gasteiger partial charge in [-0.3, -0.25) is 4.79 Å². The van der Waals surface area contributed by atoms with E-state index in [1.165, 1.54) is 0 Å². The monoisotopic (exact) mass is 255 g/mol. The number of esters is 1. The minimum atomic E-state index is -2.86. The van der Waals surface area contributed by atoms with Crippen molar-refractivity contribution in [1.82, 2.24) is 4.98 Å². The number of aromatic nitrogens is 1. The largest absolute Gasteiger partial charge is 0.466 e. The van der Waals surface area contributed by atoms with Crippen molar-refractivity contribution >= 4 is 11.8 Å². The van der Waals surface area contributed by atoms with E-state index < -0.39 is 18.0 Å². The highest BCUT2D eigenvalue weighted by molar-refractivity contribution is 5.73. The number of ether oxygens (including phenoxy) is 1. The van der Waals surface area contributed by atoms with Gasteiger partial charge >= 0.3 is 5.97 Å². The highest BCUT2D eigenvalue weighted by Gasteiger charge is 2.20. The molecule has 5 nitrogen and oxygen atoms in total. The normalized spacial score (nSPS) is 10.2. The number of pyridine rings is 1. The van der Waals surface area contributed by atoms with Crippen LogP contribution in [0.1, 0.15) is 30.2 Å². The Morgan fingerprint density at radius 2 is 2.33 bits per heavy atom. The molecule has 0 aromatic carbocycles. The molecule has 0 unspecified atom stereocenters. The van der Waals surface area contributed by atoms with Crippen molar-refractivity contribution in [3.63, 3.8) is 0 Å². The van der Waals surface area contributed by atoms with Gasteiger partial charge in [-0.1, -0.05) is 0 Å². The molecule has 0 aliphatic rings. The van der Waals surface area contributed by atoms with Crippen molar-refractivity contribution in [1.29, 1.82) is 5.26 Å². The quantitative estimate of drug-likeness (QED) is 0.825. The van der Waals surface area contributed by atoms with E-state index in [2.05, 4.69) is 9.72 Å². The lowest BCUT2D eigenvalue weighted by atomic mass is 10.1. The number of nitrogen functional groups attached to an aromatic ring is 1. The molecule has 1 rings (SSSR count). The Hall–Kier alpha value is -2.23. The molecule has 96 valence electrons. The molecule has 1 aromatic rings. The van der Waals surface area contributed by atoms with Crippen LogP contribution < -0.4 is 5.73 Å². The second-order valence-corrected chi connectivity index (χ2v) is 3.35. The molecule has 0 bridgehead atoms. The molecule has 0 saturated carbocycles. The fourth-order valence-electron chi connectivity index (χ4n) is 1.42. The maximum atomic E-state index is 12.7. The van der Waals surface area contributed by atoms with Crippen LogP contribution in [-0.4, -0.2) is 17.6 Å². The molecule has 1 heterocycles. The van der Waals surface area contributed by atoms with Crippen LogP contribution in [-0.2, 0) is 16.0 Å². The highest BCUT2D eigenvalue weighted by atomic mass is 19.3. The molecule has 18 heavy (non-hydrogen) atoms. The van der Waals surface area contributed by atoms with Gasteiger partial charge < -0.3 is 10.5 Å². The summed E-state index contributed by atoms with van der Waals surface area (Å²) in [6.45, 7) is 1.77. The van der Waals surface area contributed by atoms with E-state index in [9.17, 15) is 13.6 Å². The fraction of sp³-hybridized carbons (Fsp3) is 0.364. The second kappa shape index (κ2) is 5.91. The number of nitrogens with two attached hydrogens (primary N) is 1. The Morgan fingerprint density at radius 3 is 2.83 bits per heavy atom. The van der Waals surface area contributed by atoms with E-state index in [0.29, 0.717) is 0 Å². The summed E-state index contributed by atoms with van der Waals surface area (Å²) in [5.74, 6) is -0.809. The first-order chi connectivity index (χ1) is 8.49. The van der Waals surface area contributed by atoms with E-state index >= 15 is 0 Å². The molecule has 0 spiro atoms. The average Bonchev–Trinajstić information content (AvgIpc) is 2.28. The minimum Gasteiger partial charge on any atom is -0.466 e. The lowest BCUT2D eigenvalue weighted by molar-refractivity contribution is -0.142. The van der Waals surface area contributed by atoms with Gasteiger partial charge in [-0.25, -0.2) is 13.8 Å². The first-order valence-corrected chi connectivity index (χ1v) is 5.12. The van der Waals surface area contributed by atoms with E-state index in [-0.39, 0.29) is 30.1 Å². The first-order valence-electron chi connectivity index (χ1n) is 5.12. The Labute approximate surface area is 102 Å². The molecule has 0 aliphatic carbocycles. The Kier molecular flexibility index (Phi) is 4.54. The van der Waals surface area contributed by atoms with E-state index in [1.54, 1.807) is 13.0 Å². The Morgan fingerprint density at radius 1 is 1.67 bits per heavy atom. The third-order valence-corrected chi connectivity index (χ3v) is 2.11. The number of rotatable bonds is 4. The molecule has 0 saturated heterocycles. The zero-order valence-corrected chi connectivity index (χ0v) is 9.61. The summed E-state index contributed by atoms with van der Waals surface area (Å²) < 4.78 is 30.1. The lowest BCUT2D eigenvalue weighted by Crippen LogP contribution is -2.12. The zero-order chi connectivity index (χ0) is 13.7. The summed E-state index contributed by atoms with van der Waals surface area (Å²) in [6.07, 6.45) is -3.22. The summed E-state index contributed by atoms with van der Waals surface area (Å²) in [6, 6.07) is 2.54. The van der Waals surface area contributed by atoms with Crippen molar-refractivity contribution in [2.75, 3.05) is 12.3 Å². The van der Waals surface area contributed by atoms with Gasteiger partial charge in [0.2, 0.25) is 0 Å². The molecule has 7 heteroatoms. The van der Waals surface area contributed by atoms with Crippen LogP contribution in [0.15, 0.2) is 6.07 Å². The summed E-state index contributed by atoms with van der Waals surface area (Å²) in [5.41, 5.74) is 4.42. The Balaban J connectivity index is 3.18. The summed E-state index contributed by atoms with van der Waals surface area (Å²) in [5, 5.41) is 8.87. The minimum absolute atomic E-state index is 0.0914. The van der Waals surface area contributed by atoms with Crippen LogP contribution in [0.3, 0.4) is 0 Å². The van der Waals surface area contributed by atoms with E-state index in [1.807, 2.05) is 0 Å². The summed E-state index contributed by atoms with van der Waals surface area (Å²) in [4.78, 5) is 15.0. The van der Waals surface area contributed by atoms with Gasteiger partial charge in [0.1, 0.15) is 11.9 Å². The third kappa shape index (κ3) is 3.13. The number of carbonyl (C=O) groups excluding carboxylic acids is 1. The maximum Gasteiger partial charge on any atom is 0.311 e. The Bertz CT molecular complexity index is 498. The topological polar surface area (TPSA) is 89.0 Å². The second-order valence-electron chi connectivity index (χ2n) is 3.35. The van der Waals surface area contributed by atoms with Crippen LogP contribution in [0.4, 0.5) is 14.6 Å². The fourth-order valence-corrected chi connectivity index (χ4v) is 1.42. The van der Waals surface area contributed by atoms with Crippen molar-refractivity contribution in [3.8, 4) is 6.07 Å². The number of halogens is 2. The van der Waals surface area contributed by atoms with Crippen molar-refractivity contribution in [2.45, 2.75) is 19.8 Å². The number of anilines is 1. The number of hydrogen-bond donors (Lipinski definition) is 1. The van der Waals surface area contributed by atoms with Crippen LogP contribution in [0, 0.1) is 11.3 Å². The van der Waals surface area contributed by atoms with Gasteiger partial charge in [-0.15, -0.1) is 0 Å². The zero-order valence-electron chi connectivity index (χ0n) is 9.61. The molecular weight excluding hydrogens is 244 g/mol. The van der Waals surface area contributed by atoms with Gasteiger partial charge in [-0.05, 0) is 13.0 Å². The molecule has 1 aromatic heterocycles. The van der Waals surface area contributed by atoms with Crippen LogP contribution in [0.2, 0.25) is 0 Å². The van der Waals surface area contributed by atoms with Crippen LogP contribution in [0.25, 0.3) is 0 Å². The van der Waals surface area contributed by atoms with Crippen LogP contribution in [0.5, 0.6) is 0 Å². The van der Waals surface area contributed by atoms with Crippen molar-refractivity contribution < 1.29 is 18.3 Å². The molecule has 0 atom stereocenters. The predicted octanol–water partition coefficient (Wildman–Crippen LogP) is 1.58. The molecule has 0 radical (unpaired) electrons. The predicted molar refractivity (Wildman–Crippen MR) is 58.7 cm³/mol. The SMILES string of the molecule is CCOC(=O)Cc1nc(N)cc(C(F)F)c1C#N. The van der Waals surface area contributed by atoms with Crippen molar-refractivity contribution in [2.24, 2.45) is 0 Å². The molecule has 0 aliphatic heterocycles. The standard InChI is InChI=1S/C11H11F2N3O2/c1-2-18-10(17)4-8-7(5-14)6(11(12)13)3-9(15)16-8/h3,11H,2,4H2,1H3,(H2,15,16). The van der Waals surface area contributed by atoms with E-state index in [0.717, 1.165) is 6.07 Å². The van der Waals surface area contributed by atoms with Gasteiger partial charge in [0.15, 0.2) is 0 Å². The highest BCUT2D eigenvalue weighted by Crippen LogP contribution is 2.26. The number of hydrogen-bond acceptors (Lipinski definition) is 5. The van der Waals surface area contributed by atoms with Gasteiger partial charge in [0.25, 0.3) is 6.43 Å². The summed E-state index contributed by atoms with van der Waals surface area (Å²) in [7, 11) is 0.